The van der Waals surface area contributed by atoms with Gasteiger partial charge < -0.3 is 24.7 Å². The van der Waals surface area contributed by atoms with E-state index in [-0.39, 0.29) is 24.5 Å². The van der Waals surface area contributed by atoms with Crippen LogP contribution in [0.5, 0.6) is 0 Å². The molecular formula is C20H19N7O3. The molecule has 30 heavy (non-hydrogen) atoms. The molecule has 0 spiro atoms. The van der Waals surface area contributed by atoms with Crippen LogP contribution in [0.15, 0.2) is 50.6 Å². The lowest BCUT2D eigenvalue weighted by Gasteiger charge is -2.14. The molecule has 1 aliphatic heterocycles. The third-order valence-corrected chi connectivity index (χ3v) is 4.98. The van der Waals surface area contributed by atoms with E-state index in [2.05, 4.69) is 42.0 Å². The molecule has 2 unspecified atom stereocenters. The molecule has 4 heterocycles. The lowest BCUT2D eigenvalue weighted by molar-refractivity contribution is -0.115. The second kappa shape index (κ2) is 7.14. The van der Waals surface area contributed by atoms with Crippen LogP contribution in [0.1, 0.15) is 30.1 Å². The second-order valence-corrected chi connectivity index (χ2v) is 7.19. The molecule has 1 aliphatic rings. The number of hydrogen-bond donors (Lipinski definition) is 3. The van der Waals surface area contributed by atoms with Gasteiger partial charge in [-0.15, -0.1) is 0 Å². The van der Waals surface area contributed by atoms with E-state index in [1.165, 1.54) is 6.20 Å². The summed E-state index contributed by atoms with van der Waals surface area (Å²) in [5.41, 5.74) is 2.72. The molecule has 3 aromatic heterocycles. The molecule has 1 amide bonds. The van der Waals surface area contributed by atoms with Crippen molar-refractivity contribution in [1.82, 2.24) is 30.9 Å². The molecule has 10 heteroatoms. The monoisotopic (exact) mass is 405 g/mol. The number of amidine groups is 1. The van der Waals surface area contributed by atoms with Gasteiger partial charge in [-0.2, -0.15) is 4.98 Å². The number of amides is 1. The summed E-state index contributed by atoms with van der Waals surface area (Å²) in [5.74, 6) is 1.64. The molecule has 0 fully saturated rings. The van der Waals surface area contributed by atoms with Gasteiger partial charge >= 0.3 is 0 Å². The second-order valence-electron chi connectivity index (χ2n) is 7.19. The summed E-state index contributed by atoms with van der Waals surface area (Å²) in [7, 11) is 0. The predicted molar refractivity (Wildman–Crippen MR) is 107 cm³/mol. The average Bonchev–Trinajstić information content (AvgIpc) is 3.51. The van der Waals surface area contributed by atoms with Crippen LogP contribution >= 0.6 is 0 Å². The van der Waals surface area contributed by atoms with Crippen molar-refractivity contribution >= 4 is 22.6 Å². The first-order valence-electron chi connectivity index (χ1n) is 9.52. The number of fused-ring (bicyclic) bond motifs is 1. The van der Waals surface area contributed by atoms with Crippen molar-refractivity contribution < 1.29 is 13.8 Å². The average molecular weight is 405 g/mol. The molecule has 0 radical (unpaired) electrons. The van der Waals surface area contributed by atoms with Gasteiger partial charge in [0.2, 0.25) is 0 Å². The minimum atomic E-state index is -0.280. The van der Waals surface area contributed by atoms with E-state index in [4.69, 9.17) is 9.05 Å². The van der Waals surface area contributed by atoms with Gasteiger partial charge in [0.15, 0.2) is 17.4 Å². The highest BCUT2D eigenvalue weighted by Crippen LogP contribution is 2.30. The number of carbonyl (C=O) groups is 1. The number of rotatable bonds is 5. The Bertz CT molecular complexity index is 1240. The number of aliphatic imine (C=N–C) groups is 1. The Morgan fingerprint density at radius 2 is 2.13 bits per heavy atom. The fourth-order valence-electron chi connectivity index (χ4n) is 3.51. The molecule has 0 aliphatic carbocycles. The van der Waals surface area contributed by atoms with Crippen LogP contribution in [-0.4, -0.2) is 38.1 Å². The van der Waals surface area contributed by atoms with Crippen LogP contribution in [0.2, 0.25) is 0 Å². The van der Waals surface area contributed by atoms with Crippen molar-refractivity contribution in [3.05, 3.63) is 53.7 Å². The van der Waals surface area contributed by atoms with E-state index in [1.54, 1.807) is 13.0 Å². The van der Waals surface area contributed by atoms with E-state index in [0.29, 0.717) is 23.3 Å². The maximum atomic E-state index is 12.4. The molecule has 4 aromatic rings. The number of hydrogen-bond acceptors (Lipinski definition) is 8. The molecule has 2 atom stereocenters. The summed E-state index contributed by atoms with van der Waals surface area (Å²) in [6.07, 6.45) is 1.53. The van der Waals surface area contributed by atoms with Crippen LogP contribution < -0.4 is 10.6 Å². The Morgan fingerprint density at radius 1 is 1.23 bits per heavy atom. The van der Waals surface area contributed by atoms with Crippen molar-refractivity contribution in [2.45, 2.75) is 32.5 Å². The van der Waals surface area contributed by atoms with Crippen LogP contribution in [-0.2, 0) is 11.3 Å². The predicted octanol–water partition coefficient (Wildman–Crippen LogP) is 2.26. The highest BCUT2D eigenvalue weighted by molar-refractivity contribution is 6.38. The number of nitrogens with one attached hydrogen (secondary N) is 3. The Morgan fingerprint density at radius 3 is 2.90 bits per heavy atom. The quantitative estimate of drug-likeness (QED) is 0.463. The van der Waals surface area contributed by atoms with Gasteiger partial charge in [0, 0.05) is 17.0 Å². The Labute approximate surface area is 170 Å². The molecule has 0 saturated heterocycles. The van der Waals surface area contributed by atoms with E-state index in [9.17, 15) is 4.79 Å². The first kappa shape index (κ1) is 18.1. The summed E-state index contributed by atoms with van der Waals surface area (Å²) in [5, 5.41) is 14.4. The van der Waals surface area contributed by atoms with E-state index < -0.39 is 0 Å². The van der Waals surface area contributed by atoms with Gasteiger partial charge in [0.05, 0.1) is 24.8 Å². The standard InChI is InChI=1S/C20H19N7O3/c1-10-17(26-18(23-10)19(28)21-9-14-5-6-22-29-14)12-3-4-15-13(7-12)8-16(25-15)20-24-11(2)27-30-20/h3-8,10,17,25H,9H2,1-2H3,(H,21,28)(H,23,26). The minimum Gasteiger partial charge on any atom is -0.361 e. The Balaban J connectivity index is 1.36. The van der Waals surface area contributed by atoms with Crippen LogP contribution in [0.25, 0.3) is 22.5 Å². The largest absolute Gasteiger partial charge is 0.361 e. The summed E-state index contributed by atoms with van der Waals surface area (Å²) < 4.78 is 10.2. The number of aromatic amines is 1. The first-order valence-corrected chi connectivity index (χ1v) is 9.52. The molecule has 0 bridgehead atoms. The summed E-state index contributed by atoms with van der Waals surface area (Å²) >= 11 is 0. The number of nitrogens with zero attached hydrogens (tertiary/aromatic N) is 4. The summed E-state index contributed by atoms with van der Waals surface area (Å²) in [6.45, 7) is 4.03. The van der Waals surface area contributed by atoms with Crippen LogP contribution in [0.3, 0.4) is 0 Å². The van der Waals surface area contributed by atoms with Gasteiger partial charge in [0.25, 0.3) is 11.8 Å². The molecule has 1 aromatic carbocycles. The van der Waals surface area contributed by atoms with Crippen molar-refractivity contribution in [1.29, 1.82) is 0 Å². The van der Waals surface area contributed by atoms with Gasteiger partial charge in [0.1, 0.15) is 5.69 Å². The molecular weight excluding hydrogens is 386 g/mol. The normalized spacial score (nSPS) is 18.4. The number of aromatic nitrogens is 4. The summed E-state index contributed by atoms with van der Waals surface area (Å²) in [4.78, 5) is 24.6. The Kier molecular flexibility index (Phi) is 4.31. The van der Waals surface area contributed by atoms with Crippen LogP contribution in [0, 0.1) is 6.92 Å². The van der Waals surface area contributed by atoms with Crippen molar-refractivity contribution in [3.8, 4) is 11.6 Å². The number of benzene rings is 1. The summed E-state index contributed by atoms with van der Waals surface area (Å²) in [6, 6.07) is 9.51. The fraction of sp³-hybridized carbons (Fsp3) is 0.250. The van der Waals surface area contributed by atoms with Crippen molar-refractivity contribution in [2.75, 3.05) is 0 Å². The minimum absolute atomic E-state index is 0.0227. The lowest BCUT2D eigenvalue weighted by atomic mass is 10.0. The fourth-order valence-corrected chi connectivity index (χ4v) is 3.51. The highest BCUT2D eigenvalue weighted by atomic mass is 16.5. The molecule has 3 N–H and O–H groups in total. The number of H-pyrrole nitrogens is 1. The third-order valence-electron chi connectivity index (χ3n) is 4.98. The molecule has 152 valence electrons. The maximum Gasteiger partial charge on any atom is 0.286 e. The molecule has 10 nitrogen and oxygen atoms in total. The zero-order valence-corrected chi connectivity index (χ0v) is 16.3. The topological polar surface area (TPSA) is 134 Å². The third kappa shape index (κ3) is 3.32. The van der Waals surface area contributed by atoms with Gasteiger partial charge in [-0.05, 0) is 37.6 Å². The van der Waals surface area contributed by atoms with E-state index >= 15 is 0 Å². The molecule has 0 saturated carbocycles. The van der Waals surface area contributed by atoms with E-state index in [0.717, 1.165) is 22.2 Å². The zero-order valence-electron chi connectivity index (χ0n) is 16.3. The molecule has 5 rings (SSSR count). The highest BCUT2D eigenvalue weighted by Gasteiger charge is 2.30. The lowest BCUT2D eigenvalue weighted by Crippen LogP contribution is -2.40. The van der Waals surface area contributed by atoms with Crippen molar-refractivity contribution in [3.63, 3.8) is 0 Å². The first-order chi connectivity index (χ1) is 14.6. The number of aryl methyl sites for hydroxylation is 1. The van der Waals surface area contributed by atoms with Gasteiger partial charge in [-0.1, -0.05) is 16.4 Å². The number of carbonyl (C=O) groups excluding carboxylic acids is 1. The van der Waals surface area contributed by atoms with Crippen LogP contribution in [0.4, 0.5) is 0 Å². The Hall–Kier alpha value is -3.95. The van der Waals surface area contributed by atoms with E-state index in [1.807, 2.05) is 25.1 Å². The van der Waals surface area contributed by atoms with Gasteiger partial charge in [-0.3, -0.25) is 9.79 Å². The van der Waals surface area contributed by atoms with Crippen molar-refractivity contribution in [2.24, 2.45) is 4.99 Å². The smallest absolute Gasteiger partial charge is 0.286 e. The maximum absolute atomic E-state index is 12.4. The zero-order chi connectivity index (χ0) is 20.7. The van der Waals surface area contributed by atoms with Gasteiger partial charge in [-0.25, -0.2) is 0 Å². The SMILES string of the molecule is Cc1noc(-c2cc3cc(C4N=C(C(=O)NCc5ccno5)NC4C)ccc3[nH]2)n1.